The number of hydrogen-bond acceptors (Lipinski definition) is 4. The van der Waals surface area contributed by atoms with Crippen molar-refractivity contribution in [2.45, 2.75) is 12.8 Å². The highest BCUT2D eigenvalue weighted by atomic mass is 35.5. The van der Waals surface area contributed by atoms with Crippen molar-refractivity contribution in [3.8, 4) is 17.1 Å². The number of halogens is 1. The lowest BCUT2D eigenvalue weighted by atomic mass is 10.2. The second-order valence-corrected chi connectivity index (χ2v) is 5.75. The van der Waals surface area contributed by atoms with Crippen LogP contribution in [0.15, 0.2) is 59.1 Å². The molecule has 0 saturated heterocycles. The molecule has 0 radical (unpaired) electrons. The van der Waals surface area contributed by atoms with E-state index in [0.717, 1.165) is 5.56 Å². The standard InChI is InChI=1S/C19H17ClN2O3/c1-24-16-9-5-4-8-15(16)22-18(23)10-11-19-21-12-17(25-19)13-6-2-3-7-14(13)20/h2-9,12H,10-11H2,1H3,(H,22,23). The molecule has 128 valence electrons. The van der Waals surface area contributed by atoms with Crippen molar-refractivity contribution in [2.24, 2.45) is 0 Å². The number of amides is 1. The minimum absolute atomic E-state index is 0.137. The van der Waals surface area contributed by atoms with Crippen LogP contribution in [0.25, 0.3) is 11.3 Å². The minimum atomic E-state index is -0.137. The minimum Gasteiger partial charge on any atom is -0.495 e. The fourth-order valence-electron chi connectivity index (χ4n) is 2.39. The summed E-state index contributed by atoms with van der Waals surface area (Å²) in [6.07, 6.45) is 2.26. The number of nitrogens with one attached hydrogen (secondary N) is 1. The van der Waals surface area contributed by atoms with Gasteiger partial charge in [0.15, 0.2) is 11.7 Å². The van der Waals surface area contributed by atoms with Gasteiger partial charge in [0.1, 0.15) is 5.75 Å². The molecule has 2 aromatic carbocycles. The Kier molecular flexibility index (Phi) is 5.36. The average Bonchev–Trinajstić information content (AvgIpc) is 3.09. The van der Waals surface area contributed by atoms with E-state index in [1.165, 1.54) is 0 Å². The first-order valence-corrected chi connectivity index (χ1v) is 8.17. The van der Waals surface area contributed by atoms with Crippen LogP contribution in [0.2, 0.25) is 5.02 Å². The highest BCUT2D eigenvalue weighted by Crippen LogP contribution is 2.28. The van der Waals surface area contributed by atoms with Crippen LogP contribution >= 0.6 is 11.6 Å². The van der Waals surface area contributed by atoms with Crippen LogP contribution in [0, 0.1) is 0 Å². The first-order chi connectivity index (χ1) is 12.2. The molecule has 0 spiro atoms. The number of rotatable bonds is 6. The van der Waals surface area contributed by atoms with Crippen molar-refractivity contribution in [1.29, 1.82) is 0 Å². The van der Waals surface area contributed by atoms with E-state index in [4.69, 9.17) is 20.8 Å². The highest BCUT2D eigenvalue weighted by Gasteiger charge is 2.12. The molecule has 0 fully saturated rings. The molecule has 0 unspecified atom stereocenters. The number of aromatic nitrogens is 1. The van der Waals surface area contributed by atoms with E-state index in [9.17, 15) is 4.79 Å². The van der Waals surface area contributed by atoms with E-state index in [1.54, 1.807) is 31.5 Å². The number of para-hydroxylation sites is 2. The maximum atomic E-state index is 12.1. The molecule has 0 aliphatic heterocycles. The number of benzene rings is 2. The Morgan fingerprint density at radius 3 is 2.76 bits per heavy atom. The smallest absolute Gasteiger partial charge is 0.224 e. The van der Waals surface area contributed by atoms with E-state index in [2.05, 4.69) is 10.3 Å². The van der Waals surface area contributed by atoms with Crippen molar-refractivity contribution in [2.75, 3.05) is 12.4 Å². The summed E-state index contributed by atoms with van der Waals surface area (Å²) in [4.78, 5) is 16.3. The summed E-state index contributed by atoms with van der Waals surface area (Å²) in [7, 11) is 1.56. The molecular weight excluding hydrogens is 340 g/mol. The maximum absolute atomic E-state index is 12.1. The molecule has 6 heteroatoms. The van der Waals surface area contributed by atoms with Crippen LogP contribution in [0.5, 0.6) is 5.75 Å². The van der Waals surface area contributed by atoms with Crippen LogP contribution in [-0.2, 0) is 11.2 Å². The maximum Gasteiger partial charge on any atom is 0.224 e. The van der Waals surface area contributed by atoms with E-state index < -0.39 is 0 Å². The summed E-state index contributed by atoms with van der Waals surface area (Å²) in [5, 5.41) is 3.42. The number of carbonyl (C=O) groups is 1. The zero-order chi connectivity index (χ0) is 17.6. The predicted molar refractivity (Wildman–Crippen MR) is 96.9 cm³/mol. The number of oxazole rings is 1. The van der Waals surface area contributed by atoms with Gasteiger partial charge in [-0.3, -0.25) is 4.79 Å². The van der Waals surface area contributed by atoms with Crippen LogP contribution in [0.4, 0.5) is 5.69 Å². The number of hydrogen-bond donors (Lipinski definition) is 1. The largest absolute Gasteiger partial charge is 0.495 e. The summed E-state index contributed by atoms with van der Waals surface area (Å²) >= 11 is 6.15. The molecule has 5 nitrogen and oxygen atoms in total. The lowest BCUT2D eigenvalue weighted by Crippen LogP contribution is -2.13. The third-order valence-electron chi connectivity index (χ3n) is 3.64. The number of anilines is 1. The van der Waals surface area contributed by atoms with Crippen molar-refractivity contribution < 1.29 is 13.9 Å². The van der Waals surface area contributed by atoms with Gasteiger partial charge in [-0.25, -0.2) is 4.98 Å². The lowest BCUT2D eigenvalue weighted by molar-refractivity contribution is -0.116. The highest BCUT2D eigenvalue weighted by molar-refractivity contribution is 6.33. The normalized spacial score (nSPS) is 10.5. The lowest BCUT2D eigenvalue weighted by Gasteiger charge is -2.09. The Morgan fingerprint density at radius 1 is 1.20 bits per heavy atom. The van der Waals surface area contributed by atoms with E-state index in [1.807, 2.05) is 30.3 Å². The quantitative estimate of drug-likeness (QED) is 0.702. The van der Waals surface area contributed by atoms with Crippen molar-refractivity contribution in [1.82, 2.24) is 4.98 Å². The fraction of sp³-hybridized carbons (Fsp3) is 0.158. The molecule has 25 heavy (non-hydrogen) atoms. The molecular formula is C19H17ClN2O3. The van der Waals surface area contributed by atoms with Crippen LogP contribution in [0.3, 0.4) is 0 Å². The molecule has 0 saturated carbocycles. The molecule has 1 amide bonds. The van der Waals surface area contributed by atoms with Gasteiger partial charge in [-0.1, -0.05) is 35.9 Å². The van der Waals surface area contributed by atoms with Gasteiger partial charge in [0, 0.05) is 18.4 Å². The van der Waals surface area contributed by atoms with Crippen LogP contribution in [-0.4, -0.2) is 18.0 Å². The molecule has 0 atom stereocenters. The van der Waals surface area contributed by atoms with E-state index >= 15 is 0 Å². The fourth-order valence-corrected chi connectivity index (χ4v) is 2.62. The van der Waals surface area contributed by atoms with Gasteiger partial charge >= 0.3 is 0 Å². The van der Waals surface area contributed by atoms with Gasteiger partial charge in [-0.05, 0) is 24.3 Å². The summed E-state index contributed by atoms with van der Waals surface area (Å²) < 4.78 is 10.9. The van der Waals surface area contributed by atoms with E-state index in [-0.39, 0.29) is 12.3 Å². The van der Waals surface area contributed by atoms with Gasteiger partial charge in [-0.15, -0.1) is 0 Å². The van der Waals surface area contributed by atoms with Gasteiger partial charge < -0.3 is 14.5 Å². The number of carbonyl (C=O) groups excluding carboxylic acids is 1. The number of ether oxygens (including phenoxy) is 1. The van der Waals surface area contributed by atoms with Gasteiger partial charge in [-0.2, -0.15) is 0 Å². The summed E-state index contributed by atoms with van der Waals surface area (Å²) in [6.45, 7) is 0. The molecule has 3 aromatic rings. The third-order valence-corrected chi connectivity index (χ3v) is 3.97. The van der Waals surface area contributed by atoms with Gasteiger partial charge in [0.2, 0.25) is 5.91 Å². The molecule has 1 aromatic heterocycles. The van der Waals surface area contributed by atoms with Gasteiger partial charge in [0.05, 0.1) is 24.0 Å². The molecule has 3 rings (SSSR count). The zero-order valence-electron chi connectivity index (χ0n) is 13.7. The van der Waals surface area contributed by atoms with Crippen molar-refractivity contribution in [3.05, 3.63) is 65.6 Å². The Balaban J connectivity index is 1.61. The Morgan fingerprint density at radius 2 is 1.96 bits per heavy atom. The zero-order valence-corrected chi connectivity index (χ0v) is 14.4. The molecule has 0 aliphatic carbocycles. The van der Waals surface area contributed by atoms with Gasteiger partial charge in [0.25, 0.3) is 0 Å². The Labute approximate surface area is 150 Å². The topological polar surface area (TPSA) is 64.4 Å². The first-order valence-electron chi connectivity index (χ1n) is 7.80. The number of methoxy groups -OCH3 is 1. The van der Waals surface area contributed by atoms with Crippen LogP contribution in [0.1, 0.15) is 12.3 Å². The number of nitrogens with zero attached hydrogens (tertiary/aromatic N) is 1. The average molecular weight is 357 g/mol. The second-order valence-electron chi connectivity index (χ2n) is 5.35. The molecule has 0 bridgehead atoms. The Hall–Kier alpha value is -2.79. The molecule has 1 heterocycles. The molecule has 0 aliphatic rings. The van der Waals surface area contributed by atoms with E-state index in [0.29, 0.717) is 34.5 Å². The predicted octanol–water partition coefficient (Wildman–Crippen LogP) is 4.57. The van der Waals surface area contributed by atoms with Crippen LogP contribution < -0.4 is 10.1 Å². The first kappa shape index (κ1) is 17.0. The van der Waals surface area contributed by atoms with Crippen molar-refractivity contribution >= 4 is 23.2 Å². The monoisotopic (exact) mass is 356 g/mol. The Bertz CT molecular complexity index is 876. The van der Waals surface area contributed by atoms with Crippen molar-refractivity contribution in [3.63, 3.8) is 0 Å². The molecule has 1 N–H and O–H groups in total. The SMILES string of the molecule is COc1ccccc1NC(=O)CCc1ncc(-c2ccccc2Cl)o1. The second kappa shape index (κ2) is 7.85. The number of aryl methyl sites for hydroxylation is 1. The summed E-state index contributed by atoms with van der Waals surface area (Å²) in [5.74, 6) is 1.56. The third kappa shape index (κ3) is 4.19. The summed E-state index contributed by atoms with van der Waals surface area (Å²) in [6, 6.07) is 14.6. The summed E-state index contributed by atoms with van der Waals surface area (Å²) in [5.41, 5.74) is 1.42.